The van der Waals surface area contributed by atoms with Crippen molar-refractivity contribution in [2.75, 3.05) is 39.4 Å². The number of hydrogen-bond acceptors (Lipinski definition) is 7. The number of rotatable bonds is 5. The number of benzene rings is 1. The molecule has 0 unspecified atom stereocenters. The Balaban J connectivity index is 0.000000582. The van der Waals surface area contributed by atoms with E-state index in [1.807, 2.05) is 6.07 Å². The number of fused-ring (bicyclic) bond motifs is 1. The van der Waals surface area contributed by atoms with Gasteiger partial charge in [0.2, 0.25) is 0 Å². The highest BCUT2D eigenvalue weighted by Crippen LogP contribution is 2.39. The molecule has 1 aromatic carbocycles. The van der Waals surface area contributed by atoms with Crippen LogP contribution in [0.15, 0.2) is 24.3 Å². The van der Waals surface area contributed by atoms with E-state index >= 15 is 0 Å². The number of morpholine rings is 1. The highest BCUT2D eigenvalue weighted by Gasteiger charge is 2.43. The molecule has 3 N–H and O–H groups in total. The number of carbonyl (C=O) groups is 2. The molecule has 1 aliphatic carbocycles. The summed E-state index contributed by atoms with van der Waals surface area (Å²) in [6.07, 6.45) is 1.60. The molecule has 3 aliphatic rings. The first-order valence-electron chi connectivity index (χ1n) is 10.8. The van der Waals surface area contributed by atoms with Gasteiger partial charge >= 0.3 is 6.61 Å². The zero-order chi connectivity index (χ0) is 24.2. The summed E-state index contributed by atoms with van der Waals surface area (Å²) in [5.41, 5.74) is 0.983. The highest BCUT2D eigenvalue weighted by atomic mass is 19.3. The standard InChI is InChI=1S/C20H28F2N2O3.2CH2O2/c21-20(22)27-17-3-1-2-14(8-17)11-23-12-15-9-18(19(25)10-16(15)13-23)24-4-6-26-7-5-24;2*2-1-3/h1-3,8,15-16,18-20,25H,4-7,9-13H2;2*1H,(H,2,3)/t15-,16+,18-,19-;;/m1../s1. The minimum atomic E-state index is -2.80. The van der Waals surface area contributed by atoms with Gasteiger partial charge in [0.15, 0.2) is 0 Å². The fraction of sp³-hybridized carbons (Fsp3) is 0.636. The molecule has 0 amide bonds. The van der Waals surface area contributed by atoms with Crippen molar-refractivity contribution in [3.05, 3.63) is 29.8 Å². The molecular weight excluding hydrogens is 442 g/mol. The van der Waals surface area contributed by atoms with Crippen molar-refractivity contribution in [3.63, 3.8) is 0 Å². The maximum Gasteiger partial charge on any atom is 0.387 e. The smallest absolute Gasteiger partial charge is 0.387 e. The van der Waals surface area contributed by atoms with Crippen LogP contribution in [-0.4, -0.2) is 96.2 Å². The number of aliphatic hydroxyl groups excluding tert-OH is 1. The minimum absolute atomic E-state index is 0.210. The molecule has 2 aliphatic heterocycles. The Hall–Kier alpha value is -2.34. The molecule has 2 saturated heterocycles. The second-order valence-corrected chi connectivity index (χ2v) is 8.21. The van der Waals surface area contributed by atoms with Crippen LogP contribution in [0.2, 0.25) is 0 Å². The van der Waals surface area contributed by atoms with Crippen molar-refractivity contribution in [3.8, 4) is 5.75 Å². The highest BCUT2D eigenvalue weighted by molar-refractivity contribution is 5.33. The van der Waals surface area contributed by atoms with E-state index in [2.05, 4.69) is 14.5 Å². The first-order valence-corrected chi connectivity index (χ1v) is 10.8. The number of hydrogen-bond donors (Lipinski definition) is 3. The Morgan fingerprint density at radius 2 is 1.70 bits per heavy atom. The minimum Gasteiger partial charge on any atom is -0.483 e. The van der Waals surface area contributed by atoms with E-state index in [-0.39, 0.29) is 30.8 Å². The van der Waals surface area contributed by atoms with Crippen LogP contribution in [0.3, 0.4) is 0 Å². The number of alkyl halides is 2. The SMILES string of the molecule is O=CO.O=CO.O[C@@H]1C[C@H]2CN(Cc3cccc(OC(F)F)c3)C[C@H]2C[C@H]1N1CCOCC1. The number of aliphatic hydroxyl groups is 1. The number of ether oxygens (including phenoxy) is 2. The van der Waals surface area contributed by atoms with Crippen molar-refractivity contribution in [2.45, 2.75) is 38.1 Å². The van der Waals surface area contributed by atoms with Gasteiger partial charge in [-0.2, -0.15) is 8.78 Å². The average molecular weight is 475 g/mol. The zero-order valence-electron chi connectivity index (χ0n) is 18.3. The van der Waals surface area contributed by atoms with Gasteiger partial charge in [-0.15, -0.1) is 0 Å². The fourth-order valence-electron chi connectivity index (χ4n) is 5.01. The van der Waals surface area contributed by atoms with E-state index in [4.69, 9.17) is 24.5 Å². The Labute approximate surface area is 191 Å². The van der Waals surface area contributed by atoms with Crippen molar-refractivity contribution in [1.82, 2.24) is 9.80 Å². The maximum atomic E-state index is 12.4. The molecule has 0 spiro atoms. The van der Waals surface area contributed by atoms with Crippen molar-refractivity contribution in [2.24, 2.45) is 11.8 Å². The largest absolute Gasteiger partial charge is 0.483 e. The van der Waals surface area contributed by atoms with Gasteiger partial charge in [0.1, 0.15) is 5.75 Å². The summed E-state index contributed by atoms with van der Waals surface area (Å²) in [5, 5.41) is 24.5. The van der Waals surface area contributed by atoms with E-state index in [1.165, 1.54) is 0 Å². The summed E-state index contributed by atoms with van der Waals surface area (Å²) < 4.78 is 34.8. The molecule has 3 fully saturated rings. The van der Waals surface area contributed by atoms with Crippen LogP contribution in [0.5, 0.6) is 5.75 Å². The first kappa shape index (κ1) is 26.9. The van der Waals surface area contributed by atoms with E-state index in [9.17, 15) is 13.9 Å². The third-order valence-electron chi connectivity index (χ3n) is 6.23. The molecule has 186 valence electrons. The molecule has 33 heavy (non-hydrogen) atoms. The Bertz CT molecular complexity index is 716. The van der Waals surface area contributed by atoms with Gasteiger partial charge < -0.3 is 24.8 Å². The lowest BCUT2D eigenvalue weighted by molar-refractivity contribution is -0.123. The lowest BCUT2D eigenvalue weighted by atomic mass is 9.77. The van der Waals surface area contributed by atoms with E-state index in [1.54, 1.807) is 18.2 Å². The predicted molar refractivity (Wildman–Crippen MR) is 114 cm³/mol. The molecule has 9 nitrogen and oxygen atoms in total. The van der Waals surface area contributed by atoms with Crippen molar-refractivity contribution < 1.29 is 43.2 Å². The molecule has 11 heteroatoms. The van der Waals surface area contributed by atoms with Crippen LogP contribution in [-0.2, 0) is 20.9 Å². The number of halogens is 2. The lowest BCUT2D eigenvalue weighted by Gasteiger charge is -2.43. The summed E-state index contributed by atoms with van der Waals surface area (Å²) in [4.78, 5) is 21.5. The summed E-state index contributed by atoms with van der Waals surface area (Å²) in [6.45, 7) is 2.69. The molecule has 0 bridgehead atoms. The maximum absolute atomic E-state index is 12.4. The van der Waals surface area contributed by atoms with Gasteiger partial charge in [0, 0.05) is 38.8 Å². The van der Waals surface area contributed by atoms with Gasteiger partial charge in [-0.1, -0.05) is 12.1 Å². The van der Waals surface area contributed by atoms with E-state index < -0.39 is 6.61 Å². The Morgan fingerprint density at radius 1 is 1.09 bits per heavy atom. The third kappa shape index (κ3) is 8.50. The summed E-state index contributed by atoms with van der Waals surface area (Å²) in [5.74, 6) is 1.31. The summed E-state index contributed by atoms with van der Waals surface area (Å²) >= 11 is 0. The van der Waals surface area contributed by atoms with Gasteiger partial charge in [-0.25, -0.2) is 0 Å². The van der Waals surface area contributed by atoms with Crippen LogP contribution >= 0.6 is 0 Å². The van der Waals surface area contributed by atoms with Crippen LogP contribution in [0.1, 0.15) is 18.4 Å². The molecule has 0 radical (unpaired) electrons. The van der Waals surface area contributed by atoms with Gasteiger partial charge in [-0.3, -0.25) is 19.4 Å². The van der Waals surface area contributed by atoms with E-state index in [0.29, 0.717) is 11.8 Å². The quantitative estimate of drug-likeness (QED) is 0.547. The van der Waals surface area contributed by atoms with Crippen LogP contribution in [0.25, 0.3) is 0 Å². The van der Waals surface area contributed by atoms with Gasteiger partial charge in [0.05, 0.1) is 19.3 Å². The first-order chi connectivity index (χ1) is 15.9. The summed E-state index contributed by atoms with van der Waals surface area (Å²) in [6, 6.07) is 7.19. The number of likely N-dealkylation sites (tertiary alicyclic amines) is 1. The van der Waals surface area contributed by atoms with Crippen molar-refractivity contribution in [1.29, 1.82) is 0 Å². The van der Waals surface area contributed by atoms with Gasteiger partial charge in [0.25, 0.3) is 12.9 Å². The topological polar surface area (TPSA) is 120 Å². The normalized spacial score (nSPS) is 27.4. The van der Waals surface area contributed by atoms with Crippen LogP contribution in [0, 0.1) is 11.8 Å². The Morgan fingerprint density at radius 3 is 2.30 bits per heavy atom. The molecule has 0 aromatic heterocycles. The summed E-state index contributed by atoms with van der Waals surface area (Å²) in [7, 11) is 0. The van der Waals surface area contributed by atoms with E-state index in [0.717, 1.165) is 64.3 Å². The molecule has 4 rings (SSSR count). The lowest BCUT2D eigenvalue weighted by Crippen LogP contribution is -2.53. The second-order valence-electron chi connectivity index (χ2n) is 8.21. The third-order valence-corrected chi connectivity index (χ3v) is 6.23. The monoisotopic (exact) mass is 474 g/mol. The molecule has 2 heterocycles. The number of carboxylic acid groups (broad SMARTS) is 2. The predicted octanol–water partition coefficient (Wildman–Crippen LogP) is 1.59. The molecule has 4 atom stereocenters. The van der Waals surface area contributed by atoms with Gasteiger partial charge in [-0.05, 0) is 42.4 Å². The van der Waals surface area contributed by atoms with Crippen molar-refractivity contribution >= 4 is 12.9 Å². The second kappa shape index (κ2) is 14.0. The Kier molecular flexibility index (Phi) is 11.4. The molecule has 1 saturated carbocycles. The fourth-order valence-corrected chi connectivity index (χ4v) is 5.01. The van der Waals surface area contributed by atoms with Crippen LogP contribution in [0.4, 0.5) is 8.78 Å². The number of nitrogens with zero attached hydrogens (tertiary/aromatic N) is 2. The average Bonchev–Trinajstić information content (AvgIpc) is 3.15. The molecular formula is C22H32F2N2O7. The molecule has 1 aromatic rings. The zero-order valence-corrected chi connectivity index (χ0v) is 18.3. The van der Waals surface area contributed by atoms with Crippen LogP contribution < -0.4 is 4.74 Å².